The highest BCUT2D eigenvalue weighted by Crippen LogP contribution is 2.36. The molecule has 1 aliphatic rings. The summed E-state index contributed by atoms with van der Waals surface area (Å²) in [7, 11) is 2.08. The largest absolute Gasteiger partial charge is 0.398 e. The van der Waals surface area contributed by atoms with Crippen molar-refractivity contribution in [2.24, 2.45) is 11.8 Å². The van der Waals surface area contributed by atoms with E-state index < -0.39 is 0 Å². The van der Waals surface area contributed by atoms with E-state index in [0.717, 1.165) is 36.9 Å². The lowest BCUT2D eigenvalue weighted by atomic mass is 9.81. The molecular weight excluding hydrogens is 324 g/mol. The van der Waals surface area contributed by atoms with Crippen LogP contribution < -0.4 is 11.1 Å². The number of rotatable bonds is 10. The number of hydrogen-bond acceptors (Lipinski definition) is 3. The standard InChI is InChI=1S/C22H36N2S/c1-4-18-12-13-21(23)22(15-18)25-17(2)10-11-20(16-24-3)14-19-8-6-5-7-9-19/h12-13,15,19-20,24H,2,4-11,14,16,23H2,1,3H3. The molecule has 1 aromatic carbocycles. The Morgan fingerprint density at radius 2 is 2.08 bits per heavy atom. The van der Waals surface area contributed by atoms with Gasteiger partial charge in [0.15, 0.2) is 0 Å². The summed E-state index contributed by atoms with van der Waals surface area (Å²) in [6.07, 6.45) is 11.9. The Labute approximate surface area is 159 Å². The summed E-state index contributed by atoms with van der Waals surface area (Å²) < 4.78 is 0. The van der Waals surface area contributed by atoms with E-state index in [1.165, 1.54) is 60.3 Å². The van der Waals surface area contributed by atoms with Crippen LogP contribution in [0.25, 0.3) is 0 Å². The van der Waals surface area contributed by atoms with Crippen molar-refractivity contribution in [1.29, 1.82) is 0 Å². The van der Waals surface area contributed by atoms with E-state index in [2.05, 4.69) is 38.0 Å². The molecule has 0 aliphatic heterocycles. The maximum absolute atomic E-state index is 6.15. The molecule has 0 bridgehead atoms. The lowest BCUT2D eigenvalue weighted by molar-refractivity contribution is 0.276. The molecular formula is C22H36N2S. The second-order valence-electron chi connectivity index (χ2n) is 7.57. The molecule has 1 unspecified atom stereocenters. The van der Waals surface area contributed by atoms with Crippen LogP contribution in [0.1, 0.15) is 63.9 Å². The molecule has 140 valence electrons. The van der Waals surface area contributed by atoms with Crippen LogP contribution in [0, 0.1) is 11.8 Å². The van der Waals surface area contributed by atoms with E-state index >= 15 is 0 Å². The molecule has 0 amide bonds. The van der Waals surface area contributed by atoms with Gasteiger partial charge in [-0.05, 0) is 73.7 Å². The SMILES string of the molecule is C=C(CCC(CNC)CC1CCCCC1)Sc1cc(CC)ccc1N. The first-order valence-electron chi connectivity index (χ1n) is 10.0. The van der Waals surface area contributed by atoms with Crippen LogP contribution in [-0.4, -0.2) is 13.6 Å². The number of anilines is 1. The van der Waals surface area contributed by atoms with Gasteiger partial charge in [0.1, 0.15) is 0 Å². The van der Waals surface area contributed by atoms with E-state index in [-0.39, 0.29) is 0 Å². The summed E-state index contributed by atoms with van der Waals surface area (Å²) in [5.74, 6) is 1.72. The van der Waals surface area contributed by atoms with Crippen molar-refractivity contribution in [2.75, 3.05) is 19.3 Å². The smallest absolute Gasteiger partial charge is 0.0455 e. The van der Waals surface area contributed by atoms with E-state index in [1.807, 2.05) is 6.07 Å². The molecule has 0 radical (unpaired) electrons. The van der Waals surface area contributed by atoms with Gasteiger partial charge < -0.3 is 11.1 Å². The minimum absolute atomic E-state index is 0.768. The lowest BCUT2D eigenvalue weighted by Gasteiger charge is -2.26. The fourth-order valence-corrected chi connectivity index (χ4v) is 4.87. The van der Waals surface area contributed by atoms with Crippen LogP contribution >= 0.6 is 11.8 Å². The number of nitrogens with two attached hydrogens (primary N) is 1. The molecule has 1 aromatic rings. The summed E-state index contributed by atoms with van der Waals surface area (Å²) >= 11 is 1.77. The van der Waals surface area contributed by atoms with Crippen molar-refractivity contribution in [2.45, 2.75) is 69.6 Å². The molecule has 0 saturated heterocycles. The molecule has 0 heterocycles. The Morgan fingerprint density at radius 1 is 1.32 bits per heavy atom. The summed E-state index contributed by atoms with van der Waals surface area (Å²) in [5, 5.41) is 3.40. The highest BCUT2D eigenvalue weighted by atomic mass is 32.2. The number of nitrogens with one attached hydrogen (secondary N) is 1. The van der Waals surface area contributed by atoms with Gasteiger partial charge in [-0.25, -0.2) is 0 Å². The summed E-state index contributed by atoms with van der Waals surface area (Å²) in [6.45, 7) is 7.62. The first-order chi connectivity index (χ1) is 12.1. The van der Waals surface area contributed by atoms with Crippen LogP contribution in [0.15, 0.2) is 34.6 Å². The first kappa shape index (κ1) is 20.4. The molecule has 2 nitrogen and oxygen atoms in total. The monoisotopic (exact) mass is 360 g/mol. The third-order valence-corrected chi connectivity index (χ3v) is 6.52. The normalized spacial score (nSPS) is 16.7. The van der Waals surface area contributed by atoms with Crippen LogP contribution in [0.5, 0.6) is 0 Å². The summed E-state index contributed by atoms with van der Waals surface area (Å²) in [5.41, 5.74) is 8.36. The van der Waals surface area contributed by atoms with Gasteiger partial charge in [-0.15, -0.1) is 0 Å². The predicted octanol–water partition coefficient (Wildman–Crippen LogP) is 6.02. The molecule has 1 atom stereocenters. The van der Waals surface area contributed by atoms with Gasteiger partial charge in [0, 0.05) is 10.6 Å². The predicted molar refractivity (Wildman–Crippen MR) is 113 cm³/mol. The summed E-state index contributed by atoms with van der Waals surface area (Å²) in [4.78, 5) is 2.41. The van der Waals surface area contributed by atoms with Gasteiger partial charge in [-0.3, -0.25) is 0 Å². The van der Waals surface area contributed by atoms with Crippen LogP contribution in [-0.2, 0) is 6.42 Å². The number of benzene rings is 1. The van der Waals surface area contributed by atoms with Crippen molar-refractivity contribution in [3.63, 3.8) is 0 Å². The molecule has 3 heteroatoms. The lowest BCUT2D eigenvalue weighted by Crippen LogP contribution is -2.22. The molecule has 0 spiro atoms. The Hall–Kier alpha value is -0.930. The van der Waals surface area contributed by atoms with Gasteiger partial charge in [0.25, 0.3) is 0 Å². The molecule has 0 aromatic heterocycles. The van der Waals surface area contributed by atoms with E-state index in [9.17, 15) is 0 Å². The zero-order valence-electron chi connectivity index (χ0n) is 16.2. The fraction of sp³-hybridized carbons (Fsp3) is 0.636. The third kappa shape index (κ3) is 7.07. The maximum Gasteiger partial charge on any atom is 0.0455 e. The number of thioether (sulfide) groups is 1. The van der Waals surface area contributed by atoms with Crippen LogP contribution in [0.4, 0.5) is 5.69 Å². The topological polar surface area (TPSA) is 38.0 Å². The minimum atomic E-state index is 0.768. The van der Waals surface area contributed by atoms with Crippen molar-refractivity contribution in [3.05, 3.63) is 35.2 Å². The Kier molecular flexibility index (Phi) is 8.91. The number of hydrogen-bond donors (Lipinski definition) is 2. The number of aryl methyl sites for hydroxylation is 1. The number of allylic oxidation sites excluding steroid dienone is 1. The van der Waals surface area contributed by atoms with E-state index in [0.29, 0.717) is 0 Å². The molecule has 1 saturated carbocycles. The van der Waals surface area contributed by atoms with Crippen molar-refractivity contribution < 1.29 is 0 Å². The average molecular weight is 361 g/mol. The molecule has 1 aliphatic carbocycles. The maximum atomic E-state index is 6.15. The van der Waals surface area contributed by atoms with Crippen molar-refractivity contribution in [3.8, 4) is 0 Å². The van der Waals surface area contributed by atoms with Gasteiger partial charge in [-0.1, -0.05) is 63.4 Å². The van der Waals surface area contributed by atoms with Crippen molar-refractivity contribution in [1.82, 2.24) is 5.32 Å². The zero-order chi connectivity index (χ0) is 18.1. The fourth-order valence-electron chi connectivity index (χ4n) is 3.94. The van der Waals surface area contributed by atoms with Crippen LogP contribution in [0.3, 0.4) is 0 Å². The molecule has 1 fully saturated rings. The average Bonchev–Trinajstić information content (AvgIpc) is 2.62. The van der Waals surface area contributed by atoms with Crippen molar-refractivity contribution >= 4 is 17.4 Å². The van der Waals surface area contributed by atoms with Gasteiger partial charge in [0.2, 0.25) is 0 Å². The first-order valence-corrected chi connectivity index (χ1v) is 10.8. The van der Waals surface area contributed by atoms with Crippen LogP contribution in [0.2, 0.25) is 0 Å². The van der Waals surface area contributed by atoms with Gasteiger partial charge in [0.05, 0.1) is 0 Å². The quantitative estimate of drug-likeness (QED) is 0.395. The Morgan fingerprint density at radius 3 is 2.76 bits per heavy atom. The highest BCUT2D eigenvalue weighted by Gasteiger charge is 2.19. The highest BCUT2D eigenvalue weighted by molar-refractivity contribution is 8.03. The molecule has 25 heavy (non-hydrogen) atoms. The Bertz CT molecular complexity index is 535. The summed E-state index contributed by atoms with van der Waals surface area (Å²) in [6, 6.07) is 6.37. The van der Waals surface area contributed by atoms with Gasteiger partial charge in [-0.2, -0.15) is 0 Å². The second kappa shape index (κ2) is 10.9. The van der Waals surface area contributed by atoms with E-state index in [4.69, 9.17) is 5.73 Å². The molecule has 2 rings (SSSR count). The number of nitrogen functional groups attached to an aromatic ring is 1. The minimum Gasteiger partial charge on any atom is -0.398 e. The van der Waals surface area contributed by atoms with Gasteiger partial charge >= 0.3 is 0 Å². The molecule has 3 N–H and O–H groups in total. The Balaban J connectivity index is 1.83. The third-order valence-electron chi connectivity index (χ3n) is 5.46. The zero-order valence-corrected chi connectivity index (χ0v) is 17.0. The second-order valence-corrected chi connectivity index (χ2v) is 8.79. The van der Waals surface area contributed by atoms with E-state index in [1.54, 1.807) is 11.8 Å².